The van der Waals surface area contributed by atoms with E-state index < -0.39 is 11.4 Å². The van der Waals surface area contributed by atoms with Crippen LogP contribution in [-0.2, 0) is 9.59 Å². The number of allylic oxidation sites excluding steroid dienone is 1. The second-order valence-corrected chi connectivity index (χ2v) is 3.37. The second kappa shape index (κ2) is 3.52. The zero-order chi connectivity index (χ0) is 9.94. The van der Waals surface area contributed by atoms with Crippen LogP contribution >= 0.6 is 0 Å². The van der Waals surface area contributed by atoms with E-state index in [1.54, 1.807) is 20.8 Å². The Morgan fingerprint density at radius 2 is 1.67 bits per heavy atom. The molecule has 0 rings (SSSR count). The molecule has 3 nitrogen and oxygen atoms in total. The number of carbonyl (C=O) groups excluding carboxylic acids is 1. The molecule has 0 aromatic carbocycles. The lowest BCUT2D eigenvalue weighted by molar-refractivity contribution is -0.144. The van der Waals surface area contributed by atoms with Crippen molar-refractivity contribution in [2.24, 2.45) is 5.41 Å². The van der Waals surface area contributed by atoms with E-state index in [0.29, 0.717) is 5.57 Å². The Morgan fingerprint density at radius 3 is 1.92 bits per heavy atom. The molecule has 0 aliphatic carbocycles. The summed E-state index contributed by atoms with van der Waals surface area (Å²) in [5.41, 5.74) is -0.381. The molecule has 0 spiro atoms. The highest BCUT2D eigenvalue weighted by atomic mass is 16.4. The number of carbonyl (C=O) groups is 2. The van der Waals surface area contributed by atoms with Crippen molar-refractivity contribution in [1.29, 1.82) is 0 Å². The molecule has 68 valence electrons. The Morgan fingerprint density at radius 1 is 1.25 bits per heavy atom. The molecule has 0 heterocycles. The van der Waals surface area contributed by atoms with Gasteiger partial charge < -0.3 is 5.11 Å². The van der Waals surface area contributed by atoms with Crippen molar-refractivity contribution >= 4 is 11.8 Å². The van der Waals surface area contributed by atoms with Crippen LogP contribution in [0.3, 0.4) is 0 Å². The normalized spacial score (nSPS) is 12.8. The van der Waals surface area contributed by atoms with Gasteiger partial charge in [-0.25, -0.2) is 0 Å². The fourth-order valence-corrected chi connectivity index (χ4v) is 0.654. The van der Waals surface area contributed by atoms with Crippen LogP contribution in [-0.4, -0.2) is 16.9 Å². The smallest absolute Gasteiger partial charge is 0.313 e. The highest BCUT2D eigenvalue weighted by molar-refractivity contribution is 5.90. The van der Waals surface area contributed by atoms with E-state index >= 15 is 0 Å². The van der Waals surface area contributed by atoms with Crippen molar-refractivity contribution in [3.05, 3.63) is 11.6 Å². The van der Waals surface area contributed by atoms with E-state index in [4.69, 9.17) is 5.11 Å². The Balaban J connectivity index is 4.79. The Bertz CT molecular complexity index is 236. The van der Waals surface area contributed by atoms with Gasteiger partial charge in [0.15, 0.2) is 5.78 Å². The van der Waals surface area contributed by atoms with E-state index in [0.717, 1.165) is 0 Å². The lowest BCUT2D eigenvalue weighted by Gasteiger charge is -2.19. The lowest BCUT2D eigenvalue weighted by Crippen LogP contribution is -2.25. The standard InChI is InChI=1S/C9H14O3/c1-6(5-7(2)10)9(3,4)8(11)12/h5H,1-4H3,(H,11,12). The van der Waals surface area contributed by atoms with Gasteiger partial charge in [-0.3, -0.25) is 9.59 Å². The molecular weight excluding hydrogens is 156 g/mol. The van der Waals surface area contributed by atoms with Crippen LogP contribution in [0.15, 0.2) is 11.6 Å². The van der Waals surface area contributed by atoms with Crippen molar-refractivity contribution in [3.63, 3.8) is 0 Å². The molecule has 0 atom stereocenters. The minimum Gasteiger partial charge on any atom is -0.481 e. The first-order chi connectivity index (χ1) is 5.28. The van der Waals surface area contributed by atoms with E-state index in [1.807, 2.05) is 0 Å². The average molecular weight is 170 g/mol. The van der Waals surface area contributed by atoms with Gasteiger partial charge in [0.25, 0.3) is 0 Å². The number of carboxylic acid groups (broad SMARTS) is 1. The summed E-state index contributed by atoms with van der Waals surface area (Å²) in [7, 11) is 0. The van der Waals surface area contributed by atoms with Crippen LogP contribution in [0, 0.1) is 5.41 Å². The minimum absolute atomic E-state index is 0.123. The van der Waals surface area contributed by atoms with Gasteiger partial charge in [-0.05, 0) is 33.8 Å². The zero-order valence-corrected chi connectivity index (χ0v) is 7.84. The molecule has 0 amide bonds. The molecule has 12 heavy (non-hydrogen) atoms. The van der Waals surface area contributed by atoms with Crippen molar-refractivity contribution in [1.82, 2.24) is 0 Å². The van der Waals surface area contributed by atoms with Crippen molar-refractivity contribution in [3.8, 4) is 0 Å². The summed E-state index contributed by atoms with van der Waals surface area (Å²) in [5.74, 6) is -1.04. The Kier molecular flexibility index (Phi) is 3.19. The maximum atomic E-state index is 10.7. The largest absolute Gasteiger partial charge is 0.481 e. The summed E-state index contributed by atoms with van der Waals surface area (Å²) in [6.07, 6.45) is 1.36. The molecule has 0 bridgehead atoms. The van der Waals surface area contributed by atoms with E-state index in [-0.39, 0.29) is 5.78 Å². The minimum atomic E-state index is -0.953. The third-order valence-electron chi connectivity index (χ3n) is 1.94. The van der Waals surface area contributed by atoms with Crippen LogP contribution in [0.1, 0.15) is 27.7 Å². The SMILES string of the molecule is CC(=O)C=C(C)C(C)(C)C(=O)O. The molecule has 0 aliphatic rings. The summed E-state index contributed by atoms with van der Waals surface area (Å²) < 4.78 is 0. The van der Waals surface area contributed by atoms with Gasteiger partial charge in [0.2, 0.25) is 0 Å². The maximum absolute atomic E-state index is 10.7. The molecule has 0 aliphatic heterocycles. The summed E-state index contributed by atoms with van der Waals surface area (Å²) >= 11 is 0. The topological polar surface area (TPSA) is 54.4 Å². The summed E-state index contributed by atoms with van der Waals surface area (Å²) in [5, 5.41) is 8.77. The molecule has 0 radical (unpaired) electrons. The fraction of sp³-hybridized carbons (Fsp3) is 0.556. The van der Waals surface area contributed by atoms with Gasteiger partial charge in [0.05, 0.1) is 5.41 Å². The maximum Gasteiger partial charge on any atom is 0.313 e. The molecule has 0 aromatic heterocycles. The molecule has 0 fully saturated rings. The van der Waals surface area contributed by atoms with Gasteiger partial charge >= 0.3 is 5.97 Å². The lowest BCUT2D eigenvalue weighted by atomic mass is 9.85. The van der Waals surface area contributed by atoms with Gasteiger partial charge in [-0.1, -0.05) is 5.57 Å². The molecular formula is C9H14O3. The van der Waals surface area contributed by atoms with Crippen molar-refractivity contribution < 1.29 is 14.7 Å². The third-order valence-corrected chi connectivity index (χ3v) is 1.94. The number of hydrogen-bond acceptors (Lipinski definition) is 2. The van der Waals surface area contributed by atoms with E-state index in [2.05, 4.69) is 0 Å². The highest BCUT2D eigenvalue weighted by Gasteiger charge is 2.28. The van der Waals surface area contributed by atoms with Crippen molar-refractivity contribution in [2.45, 2.75) is 27.7 Å². The van der Waals surface area contributed by atoms with Crippen molar-refractivity contribution in [2.75, 3.05) is 0 Å². The zero-order valence-electron chi connectivity index (χ0n) is 7.84. The van der Waals surface area contributed by atoms with Crippen LogP contribution in [0.2, 0.25) is 0 Å². The molecule has 0 unspecified atom stereocenters. The molecule has 0 aromatic rings. The summed E-state index contributed by atoms with van der Waals surface area (Å²) in [6.45, 7) is 6.20. The Hall–Kier alpha value is -1.12. The first-order valence-electron chi connectivity index (χ1n) is 3.71. The van der Waals surface area contributed by atoms with E-state index in [9.17, 15) is 9.59 Å². The number of hydrogen-bond donors (Lipinski definition) is 1. The Labute approximate surface area is 72.1 Å². The quantitative estimate of drug-likeness (QED) is 0.655. The summed E-state index contributed by atoms with van der Waals surface area (Å²) in [4.78, 5) is 21.3. The number of rotatable bonds is 3. The number of carboxylic acids is 1. The monoisotopic (exact) mass is 170 g/mol. The first-order valence-corrected chi connectivity index (χ1v) is 3.71. The predicted molar refractivity (Wildman–Crippen MR) is 45.9 cm³/mol. The molecule has 0 saturated heterocycles. The second-order valence-electron chi connectivity index (χ2n) is 3.37. The first kappa shape index (κ1) is 10.9. The number of aliphatic carboxylic acids is 1. The van der Waals surface area contributed by atoms with Gasteiger partial charge in [0, 0.05) is 0 Å². The van der Waals surface area contributed by atoms with Gasteiger partial charge in [0.1, 0.15) is 0 Å². The highest BCUT2D eigenvalue weighted by Crippen LogP contribution is 2.25. The van der Waals surface area contributed by atoms with Gasteiger partial charge in [-0.2, -0.15) is 0 Å². The summed E-state index contributed by atoms with van der Waals surface area (Å²) in [6, 6.07) is 0. The van der Waals surface area contributed by atoms with Crippen LogP contribution in [0.5, 0.6) is 0 Å². The molecule has 3 heteroatoms. The van der Waals surface area contributed by atoms with E-state index in [1.165, 1.54) is 13.0 Å². The third kappa shape index (κ3) is 2.49. The van der Waals surface area contributed by atoms with Crippen LogP contribution < -0.4 is 0 Å². The molecule has 1 N–H and O–H groups in total. The van der Waals surface area contributed by atoms with Crippen LogP contribution in [0.25, 0.3) is 0 Å². The molecule has 0 saturated carbocycles. The number of ketones is 1. The fourth-order valence-electron chi connectivity index (χ4n) is 0.654. The van der Waals surface area contributed by atoms with Crippen LogP contribution in [0.4, 0.5) is 0 Å². The van der Waals surface area contributed by atoms with Gasteiger partial charge in [-0.15, -0.1) is 0 Å². The predicted octanol–water partition coefficient (Wildman–Crippen LogP) is 1.63. The average Bonchev–Trinajstić information content (AvgIpc) is 1.85.